The molecular weight excluding hydrogens is 182 g/mol. The summed E-state index contributed by atoms with van der Waals surface area (Å²) in [4.78, 5) is 21.9. The minimum atomic E-state index is -0.475. The Kier molecular flexibility index (Phi) is 1.85. The highest BCUT2D eigenvalue weighted by molar-refractivity contribution is 6.13. The fraction of sp³-hybridized carbons (Fsp3) is 0.111. The SMILES string of the molecule is Cn1ccc(/C=C2\NC(=O)NC2=O)c1. The lowest BCUT2D eigenvalue weighted by Gasteiger charge is -1.91. The van der Waals surface area contributed by atoms with Crippen LogP contribution in [0.1, 0.15) is 5.56 Å². The monoisotopic (exact) mass is 191 g/mol. The second-order valence-corrected chi connectivity index (χ2v) is 3.08. The van der Waals surface area contributed by atoms with E-state index in [2.05, 4.69) is 10.6 Å². The predicted octanol–water partition coefficient (Wildman–Crippen LogP) is 0.205. The first-order valence-corrected chi connectivity index (χ1v) is 4.11. The topological polar surface area (TPSA) is 63.1 Å². The van der Waals surface area contributed by atoms with Gasteiger partial charge in [0.2, 0.25) is 0 Å². The molecule has 1 aromatic rings. The molecule has 5 nitrogen and oxygen atoms in total. The molecule has 1 aliphatic heterocycles. The maximum atomic E-state index is 11.1. The zero-order valence-electron chi connectivity index (χ0n) is 7.57. The van der Waals surface area contributed by atoms with Gasteiger partial charge >= 0.3 is 6.03 Å². The van der Waals surface area contributed by atoms with E-state index < -0.39 is 6.03 Å². The number of aryl methyl sites for hydroxylation is 1. The van der Waals surface area contributed by atoms with Crippen LogP contribution in [-0.2, 0) is 11.8 Å². The second-order valence-electron chi connectivity index (χ2n) is 3.08. The van der Waals surface area contributed by atoms with Crippen LogP contribution in [0.15, 0.2) is 24.2 Å². The molecule has 5 heteroatoms. The van der Waals surface area contributed by atoms with Gasteiger partial charge in [-0.25, -0.2) is 4.79 Å². The molecule has 0 unspecified atom stereocenters. The molecule has 1 saturated heterocycles. The highest BCUT2D eigenvalue weighted by Gasteiger charge is 2.22. The van der Waals surface area contributed by atoms with Gasteiger partial charge < -0.3 is 9.88 Å². The van der Waals surface area contributed by atoms with E-state index in [1.165, 1.54) is 0 Å². The lowest BCUT2D eigenvalue weighted by molar-refractivity contribution is -0.115. The lowest BCUT2D eigenvalue weighted by atomic mass is 10.3. The van der Waals surface area contributed by atoms with Gasteiger partial charge in [0.25, 0.3) is 5.91 Å². The molecule has 3 amide bonds. The van der Waals surface area contributed by atoms with Gasteiger partial charge in [0.05, 0.1) is 0 Å². The van der Waals surface area contributed by atoms with Gasteiger partial charge in [-0.05, 0) is 17.7 Å². The molecule has 72 valence electrons. The zero-order chi connectivity index (χ0) is 10.1. The van der Waals surface area contributed by atoms with Crippen LogP contribution >= 0.6 is 0 Å². The van der Waals surface area contributed by atoms with Crippen LogP contribution in [0.4, 0.5) is 4.79 Å². The molecule has 1 fully saturated rings. The van der Waals surface area contributed by atoms with E-state index >= 15 is 0 Å². The standard InChI is InChI=1S/C9H9N3O2/c1-12-3-2-6(5-12)4-7-8(13)11-9(14)10-7/h2-5H,1H3,(H2,10,11,13,14)/b7-4-. The van der Waals surface area contributed by atoms with Gasteiger partial charge in [0, 0.05) is 19.4 Å². The number of amides is 3. The third kappa shape index (κ3) is 1.52. The Balaban J connectivity index is 2.27. The fourth-order valence-corrected chi connectivity index (χ4v) is 1.26. The van der Waals surface area contributed by atoms with E-state index in [1.54, 1.807) is 6.08 Å². The summed E-state index contributed by atoms with van der Waals surface area (Å²) in [6.07, 6.45) is 5.34. The van der Waals surface area contributed by atoms with Crippen LogP contribution in [0.5, 0.6) is 0 Å². The third-order valence-corrected chi connectivity index (χ3v) is 1.89. The Morgan fingerprint density at radius 2 is 2.14 bits per heavy atom. The van der Waals surface area contributed by atoms with E-state index in [1.807, 2.05) is 30.1 Å². The number of carbonyl (C=O) groups excluding carboxylic acids is 2. The van der Waals surface area contributed by atoms with Crippen molar-refractivity contribution in [1.29, 1.82) is 0 Å². The molecule has 2 heterocycles. The minimum Gasteiger partial charge on any atom is -0.357 e. The van der Waals surface area contributed by atoms with Gasteiger partial charge in [-0.2, -0.15) is 0 Å². The van der Waals surface area contributed by atoms with Crippen molar-refractivity contribution in [3.05, 3.63) is 29.7 Å². The normalized spacial score (nSPS) is 18.5. The summed E-state index contributed by atoms with van der Waals surface area (Å²) in [5, 5.41) is 4.54. The van der Waals surface area contributed by atoms with Crippen LogP contribution in [-0.4, -0.2) is 16.5 Å². The number of urea groups is 1. The highest BCUT2D eigenvalue weighted by Crippen LogP contribution is 2.07. The number of nitrogens with zero attached hydrogens (tertiary/aromatic N) is 1. The van der Waals surface area contributed by atoms with Crippen molar-refractivity contribution in [2.75, 3.05) is 0 Å². The van der Waals surface area contributed by atoms with Crippen LogP contribution in [0.25, 0.3) is 6.08 Å². The van der Waals surface area contributed by atoms with E-state index in [-0.39, 0.29) is 11.6 Å². The van der Waals surface area contributed by atoms with Gasteiger partial charge in [-0.1, -0.05) is 0 Å². The van der Waals surface area contributed by atoms with E-state index in [4.69, 9.17) is 0 Å². The molecule has 2 N–H and O–H groups in total. The highest BCUT2D eigenvalue weighted by atomic mass is 16.2. The zero-order valence-corrected chi connectivity index (χ0v) is 7.57. The summed E-state index contributed by atoms with van der Waals surface area (Å²) in [6.45, 7) is 0. The largest absolute Gasteiger partial charge is 0.357 e. The lowest BCUT2D eigenvalue weighted by Crippen LogP contribution is -2.22. The van der Waals surface area contributed by atoms with Crippen molar-refractivity contribution in [2.24, 2.45) is 7.05 Å². The van der Waals surface area contributed by atoms with Crippen LogP contribution in [0.3, 0.4) is 0 Å². The van der Waals surface area contributed by atoms with Gasteiger partial charge in [-0.3, -0.25) is 10.1 Å². The molecular formula is C9H9N3O2. The molecule has 0 aromatic carbocycles. The Labute approximate surface area is 80.4 Å². The molecule has 0 atom stereocenters. The summed E-state index contributed by atoms with van der Waals surface area (Å²) in [5.74, 6) is -0.390. The molecule has 1 aromatic heterocycles. The van der Waals surface area contributed by atoms with Gasteiger partial charge in [-0.15, -0.1) is 0 Å². The predicted molar refractivity (Wildman–Crippen MR) is 50.1 cm³/mol. The van der Waals surface area contributed by atoms with Crippen LogP contribution in [0, 0.1) is 0 Å². The van der Waals surface area contributed by atoms with Crippen LogP contribution in [0.2, 0.25) is 0 Å². The van der Waals surface area contributed by atoms with Gasteiger partial charge in [0.15, 0.2) is 0 Å². The number of hydrogen-bond acceptors (Lipinski definition) is 2. The van der Waals surface area contributed by atoms with Crippen molar-refractivity contribution < 1.29 is 9.59 Å². The Hall–Kier alpha value is -2.04. The number of nitrogens with one attached hydrogen (secondary N) is 2. The molecule has 0 aliphatic carbocycles. The van der Waals surface area contributed by atoms with E-state index in [0.717, 1.165) is 5.56 Å². The average Bonchev–Trinajstić information content (AvgIpc) is 2.61. The number of rotatable bonds is 1. The summed E-state index contributed by atoms with van der Waals surface area (Å²) < 4.78 is 1.86. The summed E-state index contributed by atoms with van der Waals surface area (Å²) in [6, 6.07) is 1.38. The Morgan fingerprint density at radius 1 is 1.36 bits per heavy atom. The second kappa shape index (κ2) is 3.02. The molecule has 0 saturated carbocycles. The molecule has 0 radical (unpaired) electrons. The van der Waals surface area contributed by atoms with Crippen molar-refractivity contribution in [3.8, 4) is 0 Å². The summed E-state index contributed by atoms with van der Waals surface area (Å²) in [5.41, 5.74) is 1.15. The maximum absolute atomic E-state index is 11.1. The molecule has 1 aliphatic rings. The first kappa shape index (κ1) is 8.55. The molecule has 0 bridgehead atoms. The van der Waals surface area contributed by atoms with Crippen LogP contribution < -0.4 is 10.6 Å². The van der Waals surface area contributed by atoms with Crippen molar-refractivity contribution in [2.45, 2.75) is 0 Å². The quantitative estimate of drug-likeness (QED) is 0.492. The van der Waals surface area contributed by atoms with Gasteiger partial charge in [0.1, 0.15) is 5.70 Å². The Bertz CT molecular complexity index is 431. The minimum absolute atomic E-state index is 0.279. The van der Waals surface area contributed by atoms with Crippen molar-refractivity contribution in [3.63, 3.8) is 0 Å². The van der Waals surface area contributed by atoms with E-state index in [0.29, 0.717) is 0 Å². The van der Waals surface area contributed by atoms with E-state index in [9.17, 15) is 9.59 Å². The first-order chi connectivity index (χ1) is 6.65. The number of hydrogen-bond donors (Lipinski definition) is 2. The Morgan fingerprint density at radius 3 is 2.64 bits per heavy atom. The third-order valence-electron chi connectivity index (χ3n) is 1.89. The van der Waals surface area contributed by atoms with Crippen molar-refractivity contribution in [1.82, 2.24) is 15.2 Å². The molecule has 2 rings (SSSR count). The van der Waals surface area contributed by atoms with Crippen molar-refractivity contribution >= 4 is 18.0 Å². The first-order valence-electron chi connectivity index (χ1n) is 4.11. The molecule has 0 spiro atoms. The smallest absolute Gasteiger partial charge is 0.326 e. The number of imide groups is 1. The number of carbonyl (C=O) groups is 2. The average molecular weight is 191 g/mol. The number of aromatic nitrogens is 1. The summed E-state index contributed by atoms with van der Waals surface area (Å²) >= 11 is 0. The fourth-order valence-electron chi connectivity index (χ4n) is 1.26. The maximum Gasteiger partial charge on any atom is 0.326 e. The molecule has 14 heavy (non-hydrogen) atoms. The summed E-state index contributed by atoms with van der Waals surface area (Å²) in [7, 11) is 1.88.